The maximum atomic E-state index is 12.2. The zero-order valence-electron chi connectivity index (χ0n) is 18.1. The molecule has 1 aliphatic carbocycles. The van der Waals surface area contributed by atoms with Crippen LogP contribution in [0, 0.1) is 0 Å². The van der Waals surface area contributed by atoms with Crippen LogP contribution in [0.4, 0.5) is 0 Å². The molecule has 5 heteroatoms. The van der Waals surface area contributed by atoms with Gasteiger partial charge in [-0.3, -0.25) is 0 Å². The van der Waals surface area contributed by atoms with E-state index >= 15 is 0 Å². The lowest BCUT2D eigenvalue weighted by atomic mass is 9.94. The molecular formula is C27H27NO4. The smallest absolute Gasteiger partial charge is 0.335 e. The Balaban J connectivity index is 1.37. The maximum absolute atomic E-state index is 12.2. The van der Waals surface area contributed by atoms with Gasteiger partial charge in [-0.25, -0.2) is 14.5 Å². The van der Waals surface area contributed by atoms with Crippen molar-refractivity contribution in [1.29, 1.82) is 0 Å². The Morgan fingerprint density at radius 2 is 1.59 bits per heavy atom. The van der Waals surface area contributed by atoms with E-state index < -0.39 is 17.8 Å². The molecule has 1 spiro atoms. The summed E-state index contributed by atoms with van der Waals surface area (Å²) < 4.78 is 11.4. The standard InChI is InChI=1S/C27H27NO4/c29-25-14-15-26(30)32-27(31-25)17-5-2-6-18-28(27)19-16-21-12-13-24-22(10-7-11-23(21)24)20-8-3-1-4-9-20/h1,3-4,7-12,14-15H,2,5-6,13,16-19H2. The fourth-order valence-corrected chi connectivity index (χ4v) is 5.03. The van der Waals surface area contributed by atoms with Gasteiger partial charge in [0.1, 0.15) is 0 Å². The molecule has 2 heterocycles. The van der Waals surface area contributed by atoms with Gasteiger partial charge in [-0.05, 0) is 53.5 Å². The van der Waals surface area contributed by atoms with Crippen LogP contribution < -0.4 is 0 Å². The molecule has 32 heavy (non-hydrogen) atoms. The first-order chi connectivity index (χ1) is 15.6. The van der Waals surface area contributed by atoms with E-state index in [-0.39, 0.29) is 0 Å². The second-order valence-electron chi connectivity index (χ2n) is 8.57. The minimum atomic E-state index is -1.30. The lowest BCUT2D eigenvalue weighted by molar-refractivity contribution is -0.282. The van der Waals surface area contributed by atoms with E-state index in [1.807, 2.05) is 11.0 Å². The van der Waals surface area contributed by atoms with Crippen molar-refractivity contribution in [3.63, 3.8) is 0 Å². The number of hydrogen-bond acceptors (Lipinski definition) is 5. The molecule has 2 aliphatic heterocycles. The lowest BCUT2D eigenvalue weighted by Crippen LogP contribution is -2.54. The first-order valence-corrected chi connectivity index (χ1v) is 11.4. The molecular weight excluding hydrogens is 402 g/mol. The number of carbonyl (C=O) groups excluding carboxylic acids is 2. The predicted octanol–water partition coefficient (Wildman–Crippen LogP) is 4.87. The van der Waals surface area contributed by atoms with Crippen molar-refractivity contribution in [1.82, 2.24) is 4.90 Å². The van der Waals surface area contributed by atoms with Gasteiger partial charge in [-0.1, -0.05) is 61.0 Å². The van der Waals surface area contributed by atoms with Crippen molar-refractivity contribution in [3.05, 3.63) is 77.9 Å². The molecule has 0 bridgehead atoms. The van der Waals surface area contributed by atoms with Crippen LogP contribution in [0.25, 0.3) is 16.7 Å². The van der Waals surface area contributed by atoms with Gasteiger partial charge in [0.15, 0.2) is 0 Å². The Kier molecular flexibility index (Phi) is 5.66. The summed E-state index contributed by atoms with van der Waals surface area (Å²) >= 11 is 0. The van der Waals surface area contributed by atoms with Gasteiger partial charge in [0.25, 0.3) is 0 Å². The number of esters is 2. The summed E-state index contributed by atoms with van der Waals surface area (Å²) in [4.78, 5) is 26.4. The quantitative estimate of drug-likeness (QED) is 0.649. The topological polar surface area (TPSA) is 55.8 Å². The van der Waals surface area contributed by atoms with Crippen molar-refractivity contribution < 1.29 is 19.1 Å². The molecule has 0 N–H and O–H groups in total. The van der Waals surface area contributed by atoms with Gasteiger partial charge in [0.05, 0.1) is 0 Å². The van der Waals surface area contributed by atoms with Crippen LogP contribution in [0.2, 0.25) is 0 Å². The SMILES string of the molecule is O=C1C=CC(=O)OC2(CCCCCN2CCC2=CCc3c2cccc3-c2ccccc2)O1. The minimum Gasteiger partial charge on any atom is -0.405 e. The van der Waals surface area contributed by atoms with Crippen LogP contribution in [0.1, 0.15) is 43.2 Å². The second kappa shape index (κ2) is 8.75. The Labute approximate surface area is 188 Å². The van der Waals surface area contributed by atoms with Crippen LogP contribution in [0.15, 0.2) is 66.8 Å². The van der Waals surface area contributed by atoms with E-state index in [1.54, 1.807) is 0 Å². The summed E-state index contributed by atoms with van der Waals surface area (Å²) in [7, 11) is 0. The van der Waals surface area contributed by atoms with E-state index in [4.69, 9.17) is 9.47 Å². The average Bonchev–Trinajstić information content (AvgIpc) is 3.04. The average molecular weight is 430 g/mol. The number of allylic oxidation sites excluding steroid dienone is 1. The third-order valence-corrected chi connectivity index (χ3v) is 6.59. The van der Waals surface area contributed by atoms with Crippen LogP contribution in [-0.4, -0.2) is 35.8 Å². The molecule has 2 aromatic carbocycles. The predicted molar refractivity (Wildman–Crippen MR) is 122 cm³/mol. The monoisotopic (exact) mass is 429 g/mol. The van der Waals surface area contributed by atoms with E-state index in [1.165, 1.54) is 27.8 Å². The van der Waals surface area contributed by atoms with Crippen LogP contribution in [0.3, 0.4) is 0 Å². The molecule has 5 nitrogen and oxygen atoms in total. The fraction of sp³-hybridized carbons (Fsp3) is 0.333. The highest BCUT2D eigenvalue weighted by Gasteiger charge is 2.46. The molecule has 0 atom stereocenters. The van der Waals surface area contributed by atoms with Crippen molar-refractivity contribution in [3.8, 4) is 11.1 Å². The summed E-state index contributed by atoms with van der Waals surface area (Å²) in [6, 6.07) is 17.0. The summed E-state index contributed by atoms with van der Waals surface area (Å²) in [5, 5.41) is 0. The Hall–Kier alpha value is -3.18. The zero-order chi connectivity index (χ0) is 22.0. The number of nitrogens with zero attached hydrogens (tertiary/aromatic N) is 1. The maximum Gasteiger partial charge on any atom is 0.335 e. The van der Waals surface area contributed by atoms with Gasteiger partial charge in [-0.2, -0.15) is 0 Å². The molecule has 1 fully saturated rings. The molecule has 5 rings (SSSR count). The highest BCUT2D eigenvalue weighted by molar-refractivity contribution is 5.93. The number of carbonyl (C=O) groups is 2. The van der Waals surface area contributed by atoms with Gasteiger partial charge in [-0.15, -0.1) is 0 Å². The normalized spacial score (nSPS) is 20.2. The molecule has 1 saturated heterocycles. The number of ether oxygens (including phenoxy) is 2. The number of hydrogen-bond donors (Lipinski definition) is 0. The second-order valence-corrected chi connectivity index (χ2v) is 8.57. The lowest BCUT2D eigenvalue weighted by Gasteiger charge is -2.39. The van der Waals surface area contributed by atoms with Crippen LogP contribution >= 0.6 is 0 Å². The molecule has 0 aromatic heterocycles. The van der Waals surface area contributed by atoms with E-state index in [0.29, 0.717) is 13.0 Å². The van der Waals surface area contributed by atoms with E-state index in [9.17, 15) is 9.59 Å². The molecule has 0 unspecified atom stereocenters. The van der Waals surface area contributed by atoms with Gasteiger partial charge < -0.3 is 9.47 Å². The van der Waals surface area contributed by atoms with Crippen molar-refractivity contribution >= 4 is 17.5 Å². The van der Waals surface area contributed by atoms with E-state index in [0.717, 1.165) is 50.8 Å². The van der Waals surface area contributed by atoms with Crippen molar-refractivity contribution in [2.24, 2.45) is 0 Å². The molecule has 164 valence electrons. The summed E-state index contributed by atoms with van der Waals surface area (Å²) in [5.74, 6) is -2.36. The fourth-order valence-electron chi connectivity index (χ4n) is 5.03. The number of likely N-dealkylation sites (tertiary alicyclic amines) is 1. The van der Waals surface area contributed by atoms with Gasteiger partial charge in [0, 0.05) is 31.7 Å². The highest BCUT2D eigenvalue weighted by atomic mass is 16.8. The van der Waals surface area contributed by atoms with E-state index in [2.05, 4.69) is 48.5 Å². The molecule has 0 amide bonds. The van der Waals surface area contributed by atoms with Crippen LogP contribution in [0.5, 0.6) is 0 Å². The molecule has 2 aromatic rings. The van der Waals surface area contributed by atoms with Crippen molar-refractivity contribution in [2.45, 2.75) is 44.4 Å². The highest BCUT2D eigenvalue weighted by Crippen LogP contribution is 2.38. The number of rotatable bonds is 4. The number of benzene rings is 2. The summed E-state index contributed by atoms with van der Waals surface area (Å²) in [6.07, 6.45) is 9.67. The first kappa shape index (κ1) is 20.7. The summed E-state index contributed by atoms with van der Waals surface area (Å²) in [6.45, 7) is 1.38. The Morgan fingerprint density at radius 1 is 0.844 bits per heavy atom. The third-order valence-electron chi connectivity index (χ3n) is 6.59. The third kappa shape index (κ3) is 4.00. The number of fused-ring (bicyclic) bond motifs is 1. The zero-order valence-corrected chi connectivity index (χ0v) is 18.1. The van der Waals surface area contributed by atoms with Gasteiger partial charge >= 0.3 is 17.8 Å². The van der Waals surface area contributed by atoms with Crippen molar-refractivity contribution in [2.75, 3.05) is 13.1 Å². The van der Waals surface area contributed by atoms with Gasteiger partial charge in [0.2, 0.25) is 0 Å². The first-order valence-electron chi connectivity index (χ1n) is 11.4. The Bertz CT molecular complexity index is 1070. The van der Waals surface area contributed by atoms with Crippen LogP contribution in [-0.2, 0) is 25.5 Å². The largest absolute Gasteiger partial charge is 0.405 e. The molecule has 3 aliphatic rings. The summed E-state index contributed by atoms with van der Waals surface area (Å²) in [5.41, 5.74) is 6.44. The molecule has 0 saturated carbocycles. The minimum absolute atomic E-state index is 0.500. The Morgan fingerprint density at radius 3 is 2.38 bits per heavy atom. The molecule has 0 radical (unpaired) electrons.